The van der Waals surface area contributed by atoms with E-state index >= 15 is 0 Å². The molecule has 0 spiro atoms. The summed E-state index contributed by atoms with van der Waals surface area (Å²) in [6.07, 6.45) is 6.74. The molecular weight excluding hydrogens is 398 g/mol. The Balaban J connectivity index is 1.14. The van der Waals surface area contributed by atoms with Gasteiger partial charge >= 0.3 is 0 Å². The molecule has 1 saturated carbocycles. The SMILES string of the molecule is O=C(c1ccc(OCc2ccc3ccccc3n2)cc1)N1CCN(C2CCCCC2)CC1. The molecule has 1 aromatic heterocycles. The van der Waals surface area contributed by atoms with Crippen molar-refractivity contribution in [3.63, 3.8) is 0 Å². The van der Waals surface area contributed by atoms with E-state index in [1.165, 1.54) is 32.1 Å². The molecule has 2 fully saturated rings. The quantitative estimate of drug-likeness (QED) is 0.578. The van der Waals surface area contributed by atoms with Gasteiger partial charge in [-0.05, 0) is 49.2 Å². The summed E-state index contributed by atoms with van der Waals surface area (Å²) in [5.74, 6) is 0.870. The van der Waals surface area contributed by atoms with Gasteiger partial charge in [-0.3, -0.25) is 9.69 Å². The molecule has 0 radical (unpaired) electrons. The van der Waals surface area contributed by atoms with Crippen molar-refractivity contribution in [1.82, 2.24) is 14.8 Å². The molecule has 0 atom stereocenters. The Morgan fingerprint density at radius 3 is 2.41 bits per heavy atom. The zero-order valence-corrected chi connectivity index (χ0v) is 18.6. The van der Waals surface area contributed by atoms with Crippen LogP contribution in [0.2, 0.25) is 0 Å². The first kappa shape index (κ1) is 21.0. The van der Waals surface area contributed by atoms with E-state index < -0.39 is 0 Å². The second-order valence-corrected chi connectivity index (χ2v) is 8.93. The number of pyridine rings is 1. The van der Waals surface area contributed by atoms with Crippen molar-refractivity contribution in [2.24, 2.45) is 0 Å². The number of carbonyl (C=O) groups excluding carboxylic acids is 1. The van der Waals surface area contributed by atoms with Crippen LogP contribution in [0.1, 0.15) is 48.2 Å². The first-order valence-electron chi connectivity index (χ1n) is 11.9. The molecule has 5 heteroatoms. The highest BCUT2D eigenvalue weighted by molar-refractivity contribution is 5.94. The average Bonchev–Trinajstić information content (AvgIpc) is 2.88. The first-order chi connectivity index (χ1) is 15.8. The van der Waals surface area contributed by atoms with E-state index in [1.54, 1.807) is 0 Å². The Hall–Kier alpha value is -2.92. The van der Waals surface area contributed by atoms with Crippen LogP contribution in [0.4, 0.5) is 0 Å². The van der Waals surface area contributed by atoms with Crippen LogP contribution in [0, 0.1) is 0 Å². The fraction of sp³-hybridized carbons (Fsp3) is 0.407. The minimum absolute atomic E-state index is 0.121. The van der Waals surface area contributed by atoms with Crippen molar-refractivity contribution in [3.8, 4) is 5.75 Å². The second-order valence-electron chi connectivity index (χ2n) is 8.93. The molecular formula is C27H31N3O2. The Kier molecular flexibility index (Phi) is 6.35. The van der Waals surface area contributed by atoms with Crippen LogP contribution in [0.25, 0.3) is 10.9 Å². The molecule has 2 aromatic carbocycles. The molecule has 5 nitrogen and oxygen atoms in total. The van der Waals surface area contributed by atoms with Crippen molar-refractivity contribution in [3.05, 3.63) is 71.9 Å². The molecule has 5 rings (SSSR count). The Labute approximate surface area is 190 Å². The van der Waals surface area contributed by atoms with Crippen LogP contribution in [0.15, 0.2) is 60.7 Å². The maximum absolute atomic E-state index is 13.0. The molecule has 32 heavy (non-hydrogen) atoms. The number of ether oxygens (including phenoxy) is 1. The molecule has 2 aliphatic rings. The van der Waals surface area contributed by atoms with Crippen LogP contribution in [-0.2, 0) is 6.61 Å². The Bertz CT molecular complexity index is 1050. The van der Waals surface area contributed by atoms with Gasteiger partial charge in [0.05, 0.1) is 11.2 Å². The summed E-state index contributed by atoms with van der Waals surface area (Å²) >= 11 is 0. The van der Waals surface area contributed by atoms with Crippen molar-refractivity contribution in [1.29, 1.82) is 0 Å². The van der Waals surface area contributed by atoms with Crippen molar-refractivity contribution >= 4 is 16.8 Å². The number of benzene rings is 2. The molecule has 1 aliphatic heterocycles. The third kappa shape index (κ3) is 4.78. The number of piperazine rings is 1. The van der Waals surface area contributed by atoms with Gasteiger partial charge in [0.1, 0.15) is 12.4 Å². The number of rotatable bonds is 5. The van der Waals surface area contributed by atoms with E-state index in [2.05, 4.69) is 22.0 Å². The molecule has 1 amide bonds. The molecule has 1 aliphatic carbocycles. The van der Waals surface area contributed by atoms with Gasteiger partial charge in [0, 0.05) is 43.2 Å². The summed E-state index contributed by atoms with van der Waals surface area (Å²) in [5.41, 5.74) is 2.59. The number of para-hydroxylation sites is 1. The van der Waals surface area contributed by atoms with E-state index in [1.807, 2.05) is 53.4 Å². The topological polar surface area (TPSA) is 45.7 Å². The van der Waals surface area contributed by atoms with Gasteiger partial charge in [-0.2, -0.15) is 0 Å². The van der Waals surface area contributed by atoms with Gasteiger partial charge < -0.3 is 9.64 Å². The fourth-order valence-electron chi connectivity index (χ4n) is 4.96. The predicted octanol–water partition coefficient (Wildman–Crippen LogP) is 4.90. The number of fused-ring (bicyclic) bond motifs is 1. The van der Waals surface area contributed by atoms with Gasteiger partial charge in [-0.15, -0.1) is 0 Å². The standard InChI is InChI=1S/C27H31N3O2/c31-27(30-18-16-29(17-19-30)24-7-2-1-3-8-24)22-11-14-25(15-12-22)32-20-23-13-10-21-6-4-5-9-26(21)28-23/h4-6,9-15,24H,1-3,7-8,16-20H2. The lowest BCUT2D eigenvalue weighted by atomic mass is 9.94. The second kappa shape index (κ2) is 9.70. The number of amides is 1. The molecule has 2 heterocycles. The summed E-state index contributed by atoms with van der Waals surface area (Å²) in [6, 6.07) is 20.4. The highest BCUT2D eigenvalue weighted by Gasteiger charge is 2.27. The molecule has 166 valence electrons. The molecule has 1 saturated heterocycles. The third-order valence-electron chi connectivity index (χ3n) is 6.84. The van der Waals surface area contributed by atoms with E-state index in [4.69, 9.17) is 4.74 Å². The summed E-state index contributed by atoms with van der Waals surface area (Å²) in [6.45, 7) is 4.04. The minimum Gasteiger partial charge on any atom is -0.487 e. The number of hydrogen-bond donors (Lipinski definition) is 0. The highest BCUT2D eigenvalue weighted by atomic mass is 16.5. The normalized spacial score (nSPS) is 18.1. The van der Waals surface area contributed by atoms with Gasteiger partial charge in [-0.25, -0.2) is 4.98 Å². The highest BCUT2D eigenvalue weighted by Crippen LogP contribution is 2.24. The molecule has 0 unspecified atom stereocenters. The van der Waals surface area contributed by atoms with Crippen LogP contribution in [0.5, 0.6) is 5.75 Å². The van der Waals surface area contributed by atoms with E-state index in [0.29, 0.717) is 6.61 Å². The Morgan fingerprint density at radius 1 is 0.875 bits per heavy atom. The smallest absolute Gasteiger partial charge is 0.253 e. The fourth-order valence-corrected chi connectivity index (χ4v) is 4.96. The monoisotopic (exact) mass is 429 g/mol. The average molecular weight is 430 g/mol. The predicted molar refractivity (Wildman–Crippen MR) is 127 cm³/mol. The van der Waals surface area contributed by atoms with Gasteiger partial charge in [0.25, 0.3) is 5.91 Å². The lowest BCUT2D eigenvalue weighted by Crippen LogP contribution is -2.52. The number of hydrogen-bond acceptors (Lipinski definition) is 4. The summed E-state index contributed by atoms with van der Waals surface area (Å²) in [5, 5.41) is 1.12. The number of nitrogens with zero attached hydrogens (tertiary/aromatic N) is 3. The third-order valence-corrected chi connectivity index (χ3v) is 6.84. The van der Waals surface area contributed by atoms with Gasteiger partial charge in [0.15, 0.2) is 0 Å². The molecule has 0 bridgehead atoms. The summed E-state index contributed by atoms with van der Waals surface area (Å²) < 4.78 is 5.91. The van der Waals surface area contributed by atoms with Crippen LogP contribution in [-0.4, -0.2) is 52.9 Å². The van der Waals surface area contributed by atoms with Crippen LogP contribution in [0.3, 0.4) is 0 Å². The maximum Gasteiger partial charge on any atom is 0.253 e. The van der Waals surface area contributed by atoms with Crippen molar-refractivity contribution in [2.75, 3.05) is 26.2 Å². The zero-order chi connectivity index (χ0) is 21.8. The first-order valence-corrected chi connectivity index (χ1v) is 11.9. The molecule has 0 N–H and O–H groups in total. The minimum atomic E-state index is 0.121. The maximum atomic E-state index is 13.0. The zero-order valence-electron chi connectivity index (χ0n) is 18.6. The van der Waals surface area contributed by atoms with Crippen LogP contribution >= 0.6 is 0 Å². The number of aromatic nitrogens is 1. The van der Waals surface area contributed by atoms with E-state index in [-0.39, 0.29) is 5.91 Å². The molecule has 3 aromatic rings. The lowest BCUT2D eigenvalue weighted by molar-refractivity contribution is 0.0523. The van der Waals surface area contributed by atoms with E-state index in [9.17, 15) is 4.79 Å². The lowest BCUT2D eigenvalue weighted by Gasteiger charge is -2.40. The van der Waals surface area contributed by atoms with Gasteiger partial charge in [0.2, 0.25) is 0 Å². The summed E-state index contributed by atoms with van der Waals surface area (Å²) in [7, 11) is 0. The van der Waals surface area contributed by atoms with Crippen LogP contribution < -0.4 is 4.74 Å². The van der Waals surface area contributed by atoms with Crippen molar-refractivity contribution in [2.45, 2.75) is 44.8 Å². The Morgan fingerprint density at radius 2 is 1.62 bits per heavy atom. The largest absolute Gasteiger partial charge is 0.487 e. The van der Waals surface area contributed by atoms with Crippen molar-refractivity contribution < 1.29 is 9.53 Å². The van der Waals surface area contributed by atoms with E-state index in [0.717, 1.165) is 60.1 Å². The number of carbonyl (C=O) groups is 1. The van der Waals surface area contributed by atoms with Gasteiger partial charge in [-0.1, -0.05) is 43.5 Å². The summed E-state index contributed by atoms with van der Waals surface area (Å²) in [4.78, 5) is 22.2.